The zero-order chi connectivity index (χ0) is 17.1. The number of hydrogen-bond acceptors (Lipinski definition) is 5. The van der Waals surface area contributed by atoms with Crippen molar-refractivity contribution >= 4 is 21.9 Å². The van der Waals surface area contributed by atoms with Crippen molar-refractivity contribution in [3.05, 3.63) is 56.8 Å². The number of allylic oxidation sites excluding steroid dienone is 2. The van der Waals surface area contributed by atoms with Crippen LogP contribution in [-0.2, 0) is 14.3 Å². The maximum Gasteiger partial charge on any atom is 0.338 e. The van der Waals surface area contributed by atoms with Crippen molar-refractivity contribution < 1.29 is 18.7 Å². The summed E-state index contributed by atoms with van der Waals surface area (Å²) in [5.41, 5.74) is 5.92. The smallest absolute Gasteiger partial charge is 0.338 e. The highest BCUT2D eigenvalue weighted by Gasteiger charge is 2.37. The number of carbonyl (C=O) groups is 1. The molecule has 2 N–H and O–H groups in total. The Kier molecular flexibility index (Phi) is 5.06. The minimum atomic E-state index is -0.981. The molecule has 7 heteroatoms. The Morgan fingerprint density at radius 3 is 2.87 bits per heavy atom. The van der Waals surface area contributed by atoms with Gasteiger partial charge >= 0.3 is 5.97 Å². The maximum absolute atomic E-state index is 14.3. The van der Waals surface area contributed by atoms with Gasteiger partial charge in [0, 0.05) is 10.0 Å². The summed E-state index contributed by atoms with van der Waals surface area (Å²) in [6.07, 6.45) is 0. The van der Waals surface area contributed by atoms with Crippen LogP contribution in [0.25, 0.3) is 0 Å². The van der Waals surface area contributed by atoms with Gasteiger partial charge in [-0.2, -0.15) is 5.26 Å². The van der Waals surface area contributed by atoms with E-state index in [1.54, 1.807) is 6.92 Å². The van der Waals surface area contributed by atoms with Crippen LogP contribution < -0.4 is 5.73 Å². The van der Waals surface area contributed by atoms with Gasteiger partial charge in [-0.3, -0.25) is 0 Å². The van der Waals surface area contributed by atoms with E-state index in [4.69, 9.17) is 15.2 Å². The van der Waals surface area contributed by atoms with Crippen molar-refractivity contribution in [1.82, 2.24) is 0 Å². The van der Waals surface area contributed by atoms with Crippen molar-refractivity contribution in [2.24, 2.45) is 5.73 Å². The lowest BCUT2D eigenvalue weighted by molar-refractivity contribution is -0.139. The third-order valence-electron chi connectivity index (χ3n) is 3.37. The molecule has 120 valence electrons. The first-order valence-corrected chi connectivity index (χ1v) is 7.60. The molecule has 0 aromatic heterocycles. The summed E-state index contributed by atoms with van der Waals surface area (Å²) >= 11 is 3.26. The molecule has 1 aromatic carbocycles. The van der Waals surface area contributed by atoms with Crippen LogP contribution >= 0.6 is 15.9 Å². The second-order valence-corrected chi connectivity index (χ2v) is 5.70. The van der Waals surface area contributed by atoms with E-state index in [1.807, 2.05) is 6.07 Å². The molecular formula is C16H14BrFN2O3. The van der Waals surface area contributed by atoms with E-state index in [-0.39, 0.29) is 35.0 Å². The molecule has 0 aliphatic carbocycles. The van der Waals surface area contributed by atoms with Crippen LogP contribution in [0.15, 0.2) is 45.5 Å². The molecule has 0 saturated heterocycles. The molecule has 1 atom stereocenters. The first kappa shape index (κ1) is 17.0. The Bertz CT molecular complexity index is 765. The minimum absolute atomic E-state index is 0.0318. The Morgan fingerprint density at radius 2 is 2.26 bits per heavy atom. The van der Waals surface area contributed by atoms with Crippen LogP contribution in [0.5, 0.6) is 0 Å². The van der Waals surface area contributed by atoms with Gasteiger partial charge in [0.2, 0.25) is 5.88 Å². The number of nitrogens with zero attached hydrogens (tertiary/aromatic N) is 1. The topological polar surface area (TPSA) is 85.3 Å². The largest absolute Gasteiger partial charge is 0.463 e. The van der Waals surface area contributed by atoms with Gasteiger partial charge in [0.1, 0.15) is 23.2 Å². The molecule has 1 aromatic rings. The normalized spacial score (nSPS) is 17.6. The van der Waals surface area contributed by atoms with Crippen LogP contribution in [0.3, 0.4) is 0 Å². The molecule has 0 radical (unpaired) electrons. The number of benzene rings is 1. The molecule has 0 amide bonds. The monoisotopic (exact) mass is 380 g/mol. The van der Waals surface area contributed by atoms with Crippen LogP contribution in [-0.4, -0.2) is 12.6 Å². The summed E-state index contributed by atoms with van der Waals surface area (Å²) in [6.45, 7) is 3.32. The molecule has 1 heterocycles. The van der Waals surface area contributed by atoms with E-state index in [0.29, 0.717) is 4.47 Å². The van der Waals surface area contributed by atoms with Gasteiger partial charge in [0.25, 0.3) is 0 Å². The number of esters is 1. The molecule has 0 bridgehead atoms. The lowest BCUT2D eigenvalue weighted by Gasteiger charge is -2.27. The van der Waals surface area contributed by atoms with Gasteiger partial charge in [-0.25, -0.2) is 9.18 Å². The molecule has 5 nitrogen and oxygen atoms in total. The predicted octanol–water partition coefficient (Wildman–Crippen LogP) is 3.23. The molecular weight excluding hydrogens is 367 g/mol. The first-order valence-electron chi connectivity index (χ1n) is 6.81. The number of rotatable bonds is 3. The van der Waals surface area contributed by atoms with Crippen molar-refractivity contribution in [3.63, 3.8) is 0 Å². The number of nitrogens with two attached hydrogens (primary N) is 1. The summed E-state index contributed by atoms with van der Waals surface area (Å²) in [6, 6.07) is 6.18. The lowest BCUT2D eigenvalue weighted by atomic mass is 9.83. The van der Waals surface area contributed by atoms with Crippen molar-refractivity contribution in [2.75, 3.05) is 6.61 Å². The average Bonchev–Trinajstić information content (AvgIpc) is 2.49. The van der Waals surface area contributed by atoms with Crippen molar-refractivity contribution in [1.29, 1.82) is 5.26 Å². The van der Waals surface area contributed by atoms with E-state index in [9.17, 15) is 14.4 Å². The van der Waals surface area contributed by atoms with E-state index in [0.717, 1.165) is 0 Å². The minimum Gasteiger partial charge on any atom is -0.463 e. The lowest BCUT2D eigenvalue weighted by Crippen LogP contribution is -2.26. The second kappa shape index (κ2) is 6.84. The number of carbonyl (C=O) groups excluding carboxylic acids is 1. The van der Waals surface area contributed by atoms with Gasteiger partial charge < -0.3 is 15.2 Å². The predicted molar refractivity (Wildman–Crippen MR) is 84.1 cm³/mol. The molecule has 1 aliphatic heterocycles. The summed E-state index contributed by atoms with van der Waals surface area (Å²) in [5.74, 6) is -2.18. The Hall–Kier alpha value is -2.33. The Balaban J connectivity index is 2.69. The van der Waals surface area contributed by atoms with Gasteiger partial charge in [-0.15, -0.1) is 0 Å². The highest BCUT2D eigenvalue weighted by atomic mass is 79.9. The third-order valence-corrected chi connectivity index (χ3v) is 3.86. The highest BCUT2D eigenvalue weighted by molar-refractivity contribution is 9.10. The molecule has 23 heavy (non-hydrogen) atoms. The van der Waals surface area contributed by atoms with Crippen molar-refractivity contribution in [3.8, 4) is 6.07 Å². The van der Waals surface area contributed by atoms with Gasteiger partial charge in [-0.1, -0.05) is 15.9 Å². The Labute approximate surface area is 141 Å². The van der Waals surface area contributed by atoms with E-state index < -0.39 is 17.7 Å². The molecule has 0 spiro atoms. The molecule has 0 fully saturated rings. The van der Waals surface area contributed by atoms with Crippen LogP contribution in [0, 0.1) is 17.1 Å². The zero-order valence-corrected chi connectivity index (χ0v) is 14.1. The summed E-state index contributed by atoms with van der Waals surface area (Å²) in [4.78, 5) is 12.3. The molecule has 1 unspecified atom stereocenters. The SMILES string of the molecule is CCOC(=O)C1=C(C)OC(N)=C(C#N)C1c1cc(Br)ccc1F. The van der Waals surface area contributed by atoms with E-state index in [1.165, 1.54) is 25.1 Å². The van der Waals surface area contributed by atoms with Gasteiger partial charge in [0.15, 0.2) is 0 Å². The second-order valence-electron chi connectivity index (χ2n) is 4.78. The van der Waals surface area contributed by atoms with Crippen LogP contribution in [0.1, 0.15) is 25.3 Å². The van der Waals surface area contributed by atoms with Gasteiger partial charge in [-0.05, 0) is 32.0 Å². The van der Waals surface area contributed by atoms with Crippen LogP contribution in [0.4, 0.5) is 4.39 Å². The maximum atomic E-state index is 14.3. The van der Waals surface area contributed by atoms with E-state index in [2.05, 4.69) is 15.9 Å². The van der Waals surface area contributed by atoms with Crippen molar-refractivity contribution in [2.45, 2.75) is 19.8 Å². The first-order chi connectivity index (χ1) is 10.9. The molecule has 2 rings (SSSR count). The average molecular weight is 381 g/mol. The summed E-state index contributed by atoms with van der Waals surface area (Å²) in [7, 11) is 0. The molecule has 0 saturated carbocycles. The summed E-state index contributed by atoms with van der Waals surface area (Å²) < 4.78 is 25.2. The Morgan fingerprint density at radius 1 is 1.57 bits per heavy atom. The number of nitriles is 1. The quantitative estimate of drug-likeness (QED) is 0.813. The van der Waals surface area contributed by atoms with Gasteiger partial charge in [0.05, 0.1) is 18.1 Å². The number of halogens is 2. The fourth-order valence-electron chi connectivity index (χ4n) is 2.40. The highest BCUT2D eigenvalue weighted by Crippen LogP contribution is 2.41. The third kappa shape index (κ3) is 3.22. The van der Waals surface area contributed by atoms with Crippen LogP contribution in [0.2, 0.25) is 0 Å². The standard InChI is InChI=1S/C16H14BrFN2O3/c1-3-22-16(21)13-8(2)23-15(20)11(7-19)14(13)10-6-9(17)4-5-12(10)18/h4-6,14H,3,20H2,1-2H3. The fourth-order valence-corrected chi connectivity index (χ4v) is 2.78. The number of hydrogen-bond donors (Lipinski definition) is 1. The van der Waals surface area contributed by atoms with E-state index >= 15 is 0 Å². The zero-order valence-electron chi connectivity index (χ0n) is 12.5. The molecule has 1 aliphatic rings. The fraction of sp³-hybridized carbons (Fsp3) is 0.250. The number of ether oxygens (including phenoxy) is 2. The summed E-state index contributed by atoms with van der Waals surface area (Å²) in [5, 5.41) is 9.39.